The lowest BCUT2D eigenvalue weighted by Crippen LogP contribution is -2.37. The quantitative estimate of drug-likeness (QED) is 0.555. The number of carbonyl (C=O) groups is 2. The molecule has 1 rings (SSSR count). The largest absolute Gasteiger partial charge is 0.468 e. The van der Waals surface area contributed by atoms with Gasteiger partial charge in [-0.25, -0.2) is 0 Å². The minimum absolute atomic E-state index is 0.0551. The molecule has 0 radical (unpaired) electrons. The van der Waals surface area contributed by atoms with Crippen molar-refractivity contribution in [1.82, 2.24) is 10.6 Å². The molecule has 0 unspecified atom stereocenters. The summed E-state index contributed by atoms with van der Waals surface area (Å²) in [5.41, 5.74) is 0. The van der Waals surface area contributed by atoms with Crippen molar-refractivity contribution in [2.45, 2.75) is 12.8 Å². The Morgan fingerprint density at radius 2 is 2.07 bits per heavy atom. The molecular weight excluding hydrogens is 184 g/mol. The van der Waals surface area contributed by atoms with Gasteiger partial charge in [-0.05, 0) is 25.3 Å². The second kappa shape index (κ2) is 5.59. The SMILES string of the molecule is COC(=O)CNC(=O)CNCC1CC1. The van der Waals surface area contributed by atoms with E-state index >= 15 is 0 Å². The normalized spacial score (nSPS) is 14.9. The van der Waals surface area contributed by atoms with Gasteiger partial charge in [-0.2, -0.15) is 0 Å². The third-order valence-electron chi connectivity index (χ3n) is 2.07. The van der Waals surface area contributed by atoms with Crippen molar-refractivity contribution in [3.63, 3.8) is 0 Å². The van der Waals surface area contributed by atoms with E-state index in [1.54, 1.807) is 0 Å². The van der Waals surface area contributed by atoms with E-state index in [1.807, 2.05) is 0 Å². The topological polar surface area (TPSA) is 67.4 Å². The highest BCUT2D eigenvalue weighted by Crippen LogP contribution is 2.27. The monoisotopic (exact) mass is 200 g/mol. The van der Waals surface area contributed by atoms with E-state index in [0.717, 1.165) is 12.5 Å². The zero-order valence-corrected chi connectivity index (χ0v) is 8.34. The van der Waals surface area contributed by atoms with Gasteiger partial charge in [0.25, 0.3) is 0 Å². The predicted molar refractivity (Wildman–Crippen MR) is 50.6 cm³/mol. The molecule has 1 fully saturated rings. The molecule has 0 aliphatic heterocycles. The van der Waals surface area contributed by atoms with Crippen molar-refractivity contribution in [3.05, 3.63) is 0 Å². The van der Waals surface area contributed by atoms with Gasteiger partial charge in [0.1, 0.15) is 6.54 Å². The lowest BCUT2D eigenvalue weighted by Gasteiger charge is -2.04. The number of hydrogen-bond donors (Lipinski definition) is 2. The van der Waals surface area contributed by atoms with E-state index in [4.69, 9.17) is 0 Å². The van der Waals surface area contributed by atoms with Crippen molar-refractivity contribution in [2.24, 2.45) is 5.92 Å². The minimum Gasteiger partial charge on any atom is -0.468 e. The van der Waals surface area contributed by atoms with Crippen LogP contribution in [-0.2, 0) is 14.3 Å². The number of amides is 1. The predicted octanol–water partition coefficient (Wildman–Crippen LogP) is -0.725. The molecule has 0 atom stereocenters. The Kier molecular flexibility index (Phi) is 4.39. The molecule has 80 valence electrons. The number of methoxy groups -OCH3 is 1. The smallest absolute Gasteiger partial charge is 0.325 e. The summed E-state index contributed by atoms with van der Waals surface area (Å²) >= 11 is 0. The number of nitrogens with one attached hydrogen (secondary N) is 2. The lowest BCUT2D eigenvalue weighted by atomic mass is 10.4. The summed E-state index contributed by atoms with van der Waals surface area (Å²) < 4.78 is 4.38. The van der Waals surface area contributed by atoms with Crippen molar-refractivity contribution in [2.75, 3.05) is 26.7 Å². The van der Waals surface area contributed by atoms with Crippen LogP contribution < -0.4 is 10.6 Å². The third kappa shape index (κ3) is 4.81. The van der Waals surface area contributed by atoms with Crippen LogP contribution >= 0.6 is 0 Å². The second-order valence-electron chi connectivity index (χ2n) is 3.43. The van der Waals surface area contributed by atoms with Gasteiger partial charge in [-0.3, -0.25) is 9.59 Å². The van der Waals surface area contributed by atoms with Crippen molar-refractivity contribution >= 4 is 11.9 Å². The first-order valence-corrected chi connectivity index (χ1v) is 4.76. The first-order chi connectivity index (χ1) is 6.72. The van der Waals surface area contributed by atoms with Gasteiger partial charge >= 0.3 is 5.97 Å². The lowest BCUT2D eigenvalue weighted by molar-refractivity contribution is -0.141. The van der Waals surface area contributed by atoms with Crippen LogP contribution in [0.3, 0.4) is 0 Å². The molecule has 1 saturated carbocycles. The number of carbonyl (C=O) groups excluding carboxylic acids is 2. The first-order valence-electron chi connectivity index (χ1n) is 4.76. The van der Waals surface area contributed by atoms with Crippen molar-refractivity contribution < 1.29 is 14.3 Å². The molecule has 0 bridgehead atoms. The average Bonchev–Trinajstić information content (AvgIpc) is 2.98. The molecule has 0 aromatic carbocycles. The van der Waals surface area contributed by atoms with Crippen molar-refractivity contribution in [1.29, 1.82) is 0 Å². The summed E-state index contributed by atoms with van der Waals surface area (Å²) in [4.78, 5) is 21.7. The second-order valence-corrected chi connectivity index (χ2v) is 3.43. The Labute approximate surface area is 83.2 Å². The van der Waals surface area contributed by atoms with Gasteiger partial charge in [0.05, 0.1) is 13.7 Å². The van der Waals surface area contributed by atoms with Gasteiger partial charge in [-0.1, -0.05) is 0 Å². The van der Waals surface area contributed by atoms with Gasteiger partial charge in [-0.15, -0.1) is 0 Å². The van der Waals surface area contributed by atoms with E-state index in [1.165, 1.54) is 20.0 Å². The summed E-state index contributed by atoms with van der Waals surface area (Å²) in [6, 6.07) is 0. The fourth-order valence-corrected chi connectivity index (χ4v) is 1.02. The molecule has 0 aromatic rings. The highest BCUT2D eigenvalue weighted by atomic mass is 16.5. The number of esters is 1. The molecule has 1 aliphatic rings. The molecule has 0 aromatic heterocycles. The Hall–Kier alpha value is -1.10. The molecule has 5 heteroatoms. The van der Waals surface area contributed by atoms with E-state index in [9.17, 15) is 9.59 Å². The van der Waals surface area contributed by atoms with E-state index in [-0.39, 0.29) is 19.0 Å². The Bertz CT molecular complexity index is 214. The summed E-state index contributed by atoms with van der Waals surface area (Å²) in [5, 5.41) is 5.48. The van der Waals surface area contributed by atoms with Crippen LogP contribution in [0.5, 0.6) is 0 Å². The summed E-state index contributed by atoms with van der Waals surface area (Å²) in [5.74, 6) is 0.153. The molecule has 0 spiro atoms. The van der Waals surface area contributed by atoms with Gasteiger partial charge in [0.15, 0.2) is 0 Å². The van der Waals surface area contributed by atoms with E-state index in [0.29, 0.717) is 0 Å². The molecular formula is C9H16N2O3. The Morgan fingerprint density at radius 3 is 2.64 bits per heavy atom. The Morgan fingerprint density at radius 1 is 1.36 bits per heavy atom. The van der Waals surface area contributed by atoms with E-state index in [2.05, 4.69) is 15.4 Å². The van der Waals surface area contributed by atoms with Crippen LogP contribution in [0.15, 0.2) is 0 Å². The average molecular weight is 200 g/mol. The fraction of sp³-hybridized carbons (Fsp3) is 0.778. The van der Waals surface area contributed by atoms with Crippen LogP contribution in [0, 0.1) is 5.92 Å². The molecule has 1 amide bonds. The summed E-state index contributed by atoms with van der Waals surface area (Å²) in [6.07, 6.45) is 2.52. The van der Waals surface area contributed by atoms with Gasteiger partial charge in [0.2, 0.25) is 5.91 Å². The fourth-order valence-electron chi connectivity index (χ4n) is 1.02. The molecule has 1 aliphatic carbocycles. The van der Waals surface area contributed by atoms with Crippen LogP contribution in [0.4, 0.5) is 0 Å². The maximum Gasteiger partial charge on any atom is 0.325 e. The molecule has 0 saturated heterocycles. The first kappa shape index (κ1) is 11.0. The standard InChI is InChI=1S/C9H16N2O3/c1-14-9(13)6-11-8(12)5-10-4-7-2-3-7/h7,10H,2-6H2,1H3,(H,11,12). The third-order valence-corrected chi connectivity index (χ3v) is 2.07. The number of ether oxygens (including phenoxy) is 1. The number of rotatable bonds is 6. The van der Waals surface area contributed by atoms with Gasteiger partial charge in [0, 0.05) is 0 Å². The highest BCUT2D eigenvalue weighted by molar-refractivity contribution is 5.83. The zero-order chi connectivity index (χ0) is 10.4. The summed E-state index contributed by atoms with van der Waals surface area (Å²) in [6.45, 7) is 1.11. The zero-order valence-electron chi connectivity index (χ0n) is 8.34. The van der Waals surface area contributed by atoms with Crippen LogP contribution in [-0.4, -0.2) is 38.6 Å². The van der Waals surface area contributed by atoms with Crippen LogP contribution in [0.25, 0.3) is 0 Å². The minimum atomic E-state index is -0.430. The van der Waals surface area contributed by atoms with Crippen LogP contribution in [0.2, 0.25) is 0 Å². The highest BCUT2D eigenvalue weighted by Gasteiger charge is 2.20. The van der Waals surface area contributed by atoms with Crippen molar-refractivity contribution in [3.8, 4) is 0 Å². The molecule has 14 heavy (non-hydrogen) atoms. The molecule has 5 nitrogen and oxygen atoms in total. The number of hydrogen-bond acceptors (Lipinski definition) is 4. The molecule has 0 heterocycles. The summed E-state index contributed by atoms with van der Waals surface area (Å²) in [7, 11) is 1.29. The van der Waals surface area contributed by atoms with E-state index < -0.39 is 5.97 Å². The Balaban J connectivity index is 1.94. The maximum absolute atomic E-state index is 11.1. The van der Waals surface area contributed by atoms with Gasteiger partial charge < -0.3 is 15.4 Å². The maximum atomic E-state index is 11.1. The van der Waals surface area contributed by atoms with Crippen LogP contribution in [0.1, 0.15) is 12.8 Å². The molecule has 2 N–H and O–H groups in total.